The van der Waals surface area contributed by atoms with E-state index >= 15 is 0 Å². The van der Waals surface area contributed by atoms with E-state index in [0.717, 1.165) is 0 Å². The molecule has 0 aliphatic heterocycles. The van der Waals surface area contributed by atoms with Gasteiger partial charge in [-0.25, -0.2) is 4.99 Å². The number of aliphatic hydroxyl groups is 3. The number of carbonyl (C=O) groups excluding carboxylic acids is 1. The molecule has 0 saturated heterocycles. The Labute approximate surface area is 169 Å². The Balaban J connectivity index is 2.49. The molecular formula is C16H18ClN7O5. The van der Waals surface area contributed by atoms with E-state index < -0.39 is 12.0 Å². The van der Waals surface area contributed by atoms with Gasteiger partial charge in [-0.1, -0.05) is 17.7 Å². The minimum Gasteiger partial charge on any atom is -0.494 e. The zero-order valence-electron chi connectivity index (χ0n) is 15.3. The SMILES string of the molecule is CN=CN=C(N)c1cccc(Nc2cc(Cl)nnc2C(=O)NC(O)(O)O)c1OC. The number of halogens is 1. The molecule has 0 saturated carbocycles. The number of carbonyl (C=O) groups is 1. The number of nitrogens with two attached hydrogens (primary N) is 1. The number of rotatable bonds is 7. The van der Waals surface area contributed by atoms with Gasteiger partial charge in [-0.05, 0) is 12.1 Å². The molecule has 12 nitrogen and oxygen atoms in total. The molecule has 1 aromatic carbocycles. The van der Waals surface area contributed by atoms with Gasteiger partial charge in [0.15, 0.2) is 16.6 Å². The second-order valence-corrected chi connectivity index (χ2v) is 5.81. The lowest BCUT2D eigenvalue weighted by Gasteiger charge is -2.18. The Kier molecular flexibility index (Phi) is 7.01. The third-order valence-corrected chi connectivity index (χ3v) is 3.52. The van der Waals surface area contributed by atoms with E-state index in [-0.39, 0.29) is 22.4 Å². The molecule has 0 fully saturated rings. The first-order chi connectivity index (χ1) is 13.7. The monoisotopic (exact) mass is 423 g/mol. The van der Waals surface area contributed by atoms with E-state index in [1.165, 1.54) is 24.8 Å². The van der Waals surface area contributed by atoms with Crippen molar-refractivity contribution < 1.29 is 24.9 Å². The highest BCUT2D eigenvalue weighted by molar-refractivity contribution is 6.29. The lowest BCUT2D eigenvalue weighted by molar-refractivity contribution is -0.323. The molecule has 2 rings (SSSR count). The number of para-hydroxylation sites is 1. The standard InChI is InChI=1S/C16H18ClN7O5/c1-19-7-20-14(18)8-4-3-5-9(13(8)29-2)21-10-6-11(17)23-24-12(10)15(25)22-16(26,27)28/h3-7,26-28H,1-2H3,(H,21,23)(H,22,25)(H2,18,19,20). The number of amidine groups is 1. The van der Waals surface area contributed by atoms with Gasteiger partial charge in [0.05, 0.1) is 24.0 Å². The van der Waals surface area contributed by atoms with Crippen LogP contribution < -0.4 is 21.1 Å². The number of aliphatic imine (C=N–C) groups is 2. The molecule has 7 N–H and O–H groups in total. The summed E-state index contributed by atoms with van der Waals surface area (Å²) >= 11 is 5.86. The fraction of sp³-hybridized carbons (Fsp3) is 0.188. The van der Waals surface area contributed by atoms with Crippen LogP contribution in [-0.4, -0.2) is 63.9 Å². The number of anilines is 2. The van der Waals surface area contributed by atoms with Crippen LogP contribution >= 0.6 is 11.6 Å². The van der Waals surface area contributed by atoms with Crippen molar-refractivity contribution in [1.29, 1.82) is 0 Å². The van der Waals surface area contributed by atoms with Gasteiger partial charge in [0, 0.05) is 13.1 Å². The van der Waals surface area contributed by atoms with Gasteiger partial charge in [-0.2, -0.15) is 0 Å². The average molecular weight is 424 g/mol. The zero-order valence-corrected chi connectivity index (χ0v) is 16.0. The normalized spacial score (nSPS) is 12.1. The van der Waals surface area contributed by atoms with Gasteiger partial charge in [0.25, 0.3) is 5.91 Å². The van der Waals surface area contributed by atoms with Crippen LogP contribution in [0.2, 0.25) is 5.15 Å². The molecule has 154 valence electrons. The topological polar surface area (TPSA) is 188 Å². The minimum absolute atomic E-state index is 0.0350. The van der Waals surface area contributed by atoms with E-state index in [2.05, 4.69) is 25.5 Å². The van der Waals surface area contributed by atoms with Crippen LogP contribution in [0.5, 0.6) is 5.75 Å². The van der Waals surface area contributed by atoms with Gasteiger partial charge >= 0.3 is 6.10 Å². The number of hydrogen-bond donors (Lipinski definition) is 6. The van der Waals surface area contributed by atoms with Crippen LogP contribution in [0.15, 0.2) is 34.3 Å². The Morgan fingerprint density at radius 2 is 2.03 bits per heavy atom. The van der Waals surface area contributed by atoms with Gasteiger partial charge < -0.3 is 31.1 Å². The highest BCUT2D eigenvalue weighted by Gasteiger charge is 2.26. The maximum absolute atomic E-state index is 12.2. The van der Waals surface area contributed by atoms with Crippen molar-refractivity contribution in [2.75, 3.05) is 19.5 Å². The third-order valence-electron chi connectivity index (χ3n) is 3.34. The summed E-state index contributed by atoms with van der Waals surface area (Å²) in [6.07, 6.45) is -2.17. The van der Waals surface area contributed by atoms with Crippen molar-refractivity contribution in [3.8, 4) is 5.75 Å². The van der Waals surface area contributed by atoms with Crippen LogP contribution in [0.25, 0.3) is 0 Å². The molecule has 0 radical (unpaired) electrons. The smallest absolute Gasteiger partial charge is 0.369 e. The molecule has 1 heterocycles. The van der Waals surface area contributed by atoms with Gasteiger partial charge in [0.2, 0.25) is 0 Å². The number of nitrogens with zero attached hydrogens (tertiary/aromatic N) is 4. The van der Waals surface area contributed by atoms with Gasteiger partial charge in [-0.3, -0.25) is 15.1 Å². The molecule has 13 heteroatoms. The van der Waals surface area contributed by atoms with Crippen molar-refractivity contribution in [1.82, 2.24) is 15.5 Å². The second-order valence-electron chi connectivity index (χ2n) is 5.42. The van der Waals surface area contributed by atoms with Crippen molar-refractivity contribution in [3.63, 3.8) is 0 Å². The number of nitrogens with one attached hydrogen (secondary N) is 2. The molecule has 0 atom stereocenters. The molecule has 1 amide bonds. The molecular weight excluding hydrogens is 406 g/mol. The largest absolute Gasteiger partial charge is 0.494 e. The number of benzene rings is 1. The predicted octanol–water partition coefficient (Wildman–Crippen LogP) is -0.436. The summed E-state index contributed by atoms with van der Waals surface area (Å²) in [5.41, 5.74) is 6.40. The fourth-order valence-electron chi connectivity index (χ4n) is 2.23. The third kappa shape index (κ3) is 5.83. The Morgan fingerprint density at radius 3 is 2.66 bits per heavy atom. The summed E-state index contributed by atoms with van der Waals surface area (Å²) in [6.45, 7) is 0. The fourth-order valence-corrected chi connectivity index (χ4v) is 2.38. The molecule has 0 bridgehead atoms. The molecule has 0 aliphatic carbocycles. The van der Waals surface area contributed by atoms with E-state index in [9.17, 15) is 4.79 Å². The first-order valence-corrected chi connectivity index (χ1v) is 8.25. The van der Waals surface area contributed by atoms with Crippen LogP contribution in [0.1, 0.15) is 16.1 Å². The van der Waals surface area contributed by atoms with Crippen molar-refractivity contribution in [2.45, 2.75) is 6.10 Å². The lowest BCUT2D eigenvalue weighted by Crippen LogP contribution is -2.48. The predicted molar refractivity (Wildman–Crippen MR) is 105 cm³/mol. The Morgan fingerprint density at radius 1 is 1.31 bits per heavy atom. The highest BCUT2D eigenvalue weighted by Crippen LogP contribution is 2.32. The number of aromatic nitrogens is 2. The van der Waals surface area contributed by atoms with Gasteiger partial charge in [-0.15, -0.1) is 10.2 Å². The lowest BCUT2D eigenvalue weighted by atomic mass is 10.1. The van der Waals surface area contributed by atoms with Crippen molar-refractivity contribution >= 4 is 41.1 Å². The van der Waals surface area contributed by atoms with E-state index in [1.54, 1.807) is 25.2 Å². The molecule has 1 aromatic heterocycles. The van der Waals surface area contributed by atoms with Crippen molar-refractivity contribution in [3.05, 3.63) is 40.7 Å². The van der Waals surface area contributed by atoms with Crippen LogP contribution in [-0.2, 0) is 0 Å². The summed E-state index contributed by atoms with van der Waals surface area (Å²) in [5.74, 6) is -0.719. The van der Waals surface area contributed by atoms with Crippen LogP contribution in [0.3, 0.4) is 0 Å². The average Bonchev–Trinajstić information content (AvgIpc) is 2.64. The summed E-state index contributed by atoms with van der Waals surface area (Å²) in [7, 11) is 2.95. The zero-order chi connectivity index (χ0) is 21.6. The molecule has 0 unspecified atom stereocenters. The maximum Gasteiger partial charge on any atom is 0.369 e. The molecule has 2 aromatic rings. The van der Waals surface area contributed by atoms with Crippen molar-refractivity contribution in [2.24, 2.45) is 15.7 Å². The first kappa shape index (κ1) is 22.0. The summed E-state index contributed by atoms with van der Waals surface area (Å²) < 4.78 is 5.40. The van der Waals surface area contributed by atoms with Crippen LogP contribution in [0, 0.1) is 0 Å². The minimum atomic E-state index is -3.45. The highest BCUT2D eigenvalue weighted by atomic mass is 35.5. The summed E-state index contributed by atoms with van der Waals surface area (Å²) in [5, 5.41) is 38.4. The van der Waals surface area contributed by atoms with E-state index in [0.29, 0.717) is 17.0 Å². The van der Waals surface area contributed by atoms with Crippen LogP contribution in [0.4, 0.5) is 11.4 Å². The number of amides is 1. The quantitative estimate of drug-likeness (QED) is 0.195. The Hall–Kier alpha value is -3.32. The number of methoxy groups -OCH3 is 1. The molecule has 29 heavy (non-hydrogen) atoms. The first-order valence-electron chi connectivity index (χ1n) is 7.87. The maximum atomic E-state index is 12.2. The summed E-state index contributed by atoms with van der Waals surface area (Å²) in [4.78, 5) is 19.9. The summed E-state index contributed by atoms with van der Waals surface area (Å²) in [6, 6.07) is 6.20. The van der Waals surface area contributed by atoms with E-state index in [4.69, 9.17) is 37.4 Å². The molecule has 0 spiro atoms. The Bertz CT molecular complexity index is 959. The molecule has 0 aliphatic rings. The number of ether oxygens (including phenoxy) is 1. The second kappa shape index (κ2) is 9.25. The number of hydrogen-bond acceptors (Lipinski definition) is 9. The van der Waals surface area contributed by atoms with Gasteiger partial charge in [0.1, 0.15) is 12.2 Å². The van der Waals surface area contributed by atoms with E-state index in [1.807, 2.05) is 0 Å².